The van der Waals surface area contributed by atoms with Crippen LogP contribution in [-0.4, -0.2) is 57.5 Å². The van der Waals surface area contributed by atoms with Crippen molar-refractivity contribution in [3.05, 3.63) is 83.9 Å². The van der Waals surface area contributed by atoms with E-state index in [0.717, 1.165) is 28.3 Å². The molecule has 1 N–H and O–H groups in total. The van der Waals surface area contributed by atoms with E-state index in [0.29, 0.717) is 37.7 Å². The summed E-state index contributed by atoms with van der Waals surface area (Å²) in [5.74, 6) is 0.147. The van der Waals surface area contributed by atoms with Crippen molar-refractivity contribution in [1.29, 1.82) is 0 Å². The van der Waals surface area contributed by atoms with Crippen LogP contribution in [0, 0.1) is 6.92 Å². The number of rotatable bonds is 13. The van der Waals surface area contributed by atoms with Crippen LogP contribution in [0.15, 0.2) is 77.7 Å². The van der Waals surface area contributed by atoms with E-state index >= 15 is 0 Å². The van der Waals surface area contributed by atoms with Gasteiger partial charge in [0.05, 0.1) is 10.6 Å². The van der Waals surface area contributed by atoms with Gasteiger partial charge in [0.15, 0.2) is 11.5 Å². The monoisotopic (exact) mass is 593 g/mol. The molecule has 224 valence electrons. The third kappa shape index (κ3) is 7.42. The molecule has 2 amide bonds. The minimum atomic E-state index is -4.17. The van der Waals surface area contributed by atoms with Gasteiger partial charge in [0, 0.05) is 19.2 Å². The Kier molecular flexibility index (Phi) is 10.5. The number of unbranched alkanes of at least 4 members (excludes halogenated alkanes) is 1. The molecule has 9 nitrogen and oxygen atoms in total. The predicted octanol–water partition coefficient (Wildman–Crippen LogP) is 4.69. The number of benzene rings is 3. The number of sulfonamides is 1. The summed E-state index contributed by atoms with van der Waals surface area (Å²) in [4.78, 5) is 29.1. The average Bonchev–Trinajstić information content (AvgIpc) is 3.00. The lowest BCUT2D eigenvalue weighted by Gasteiger charge is -2.33. The van der Waals surface area contributed by atoms with Crippen LogP contribution >= 0.6 is 0 Å². The Morgan fingerprint density at radius 3 is 2.36 bits per heavy atom. The van der Waals surface area contributed by atoms with Gasteiger partial charge in [-0.1, -0.05) is 68.3 Å². The molecule has 0 aliphatic carbocycles. The number of aryl methyl sites for hydroxylation is 1. The fourth-order valence-corrected chi connectivity index (χ4v) is 6.30. The molecule has 4 rings (SSSR count). The number of amides is 2. The van der Waals surface area contributed by atoms with Crippen molar-refractivity contribution in [1.82, 2.24) is 10.2 Å². The van der Waals surface area contributed by atoms with E-state index in [9.17, 15) is 18.0 Å². The number of ether oxygens (including phenoxy) is 2. The molecule has 1 atom stereocenters. The number of carbonyl (C=O) groups excluding carboxylic acids is 2. The summed E-state index contributed by atoms with van der Waals surface area (Å²) in [5.41, 5.74) is 2.12. The van der Waals surface area contributed by atoms with Crippen LogP contribution < -0.4 is 19.1 Å². The molecule has 0 saturated carbocycles. The Morgan fingerprint density at radius 2 is 1.67 bits per heavy atom. The molecule has 3 aromatic carbocycles. The minimum Gasteiger partial charge on any atom is -0.486 e. The third-order valence-electron chi connectivity index (χ3n) is 7.07. The highest BCUT2D eigenvalue weighted by Gasteiger charge is 2.34. The smallest absolute Gasteiger partial charge is 0.264 e. The highest BCUT2D eigenvalue weighted by molar-refractivity contribution is 7.92. The normalized spacial score (nSPS) is 13.2. The van der Waals surface area contributed by atoms with Gasteiger partial charge in [0.1, 0.15) is 25.8 Å². The lowest BCUT2D eigenvalue weighted by atomic mass is 10.1. The van der Waals surface area contributed by atoms with Gasteiger partial charge < -0.3 is 19.7 Å². The SMILES string of the molecule is CCCCNC(=O)[C@H](CC)N(Cc1cccc(C)c1)C(=O)CN(c1ccc2c(c1)OCCO2)S(=O)(=O)c1ccccc1. The maximum absolute atomic E-state index is 14.2. The maximum atomic E-state index is 14.2. The first-order chi connectivity index (χ1) is 20.2. The summed E-state index contributed by atoms with van der Waals surface area (Å²) in [6.45, 7) is 6.71. The van der Waals surface area contributed by atoms with Gasteiger partial charge in [-0.05, 0) is 49.6 Å². The van der Waals surface area contributed by atoms with Crippen molar-refractivity contribution in [2.75, 3.05) is 30.6 Å². The Bertz CT molecular complexity index is 1480. The third-order valence-corrected chi connectivity index (χ3v) is 8.86. The molecule has 0 fully saturated rings. The molecular formula is C32H39N3O6S. The molecule has 0 unspecified atom stereocenters. The lowest BCUT2D eigenvalue weighted by molar-refractivity contribution is -0.140. The first-order valence-electron chi connectivity index (χ1n) is 14.3. The second kappa shape index (κ2) is 14.2. The predicted molar refractivity (Wildman–Crippen MR) is 162 cm³/mol. The summed E-state index contributed by atoms with van der Waals surface area (Å²) in [5, 5.41) is 2.95. The Hall–Kier alpha value is -4.05. The first kappa shape index (κ1) is 30.9. The van der Waals surface area contributed by atoms with Crippen LogP contribution in [0.3, 0.4) is 0 Å². The van der Waals surface area contributed by atoms with Crippen molar-refractivity contribution in [3.63, 3.8) is 0 Å². The van der Waals surface area contributed by atoms with Crippen LogP contribution in [0.25, 0.3) is 0 Å². The molecule has 0 saturated heterocycles. The van der Waals surface area contributed by atoms with E-state index in [2.05, 4.69) is 5.32 Å². The molecule has 42 heavy (non-hydrogen) atoms. The topological polar surface area (TPSA) is 105 Å². The molecule has 1 heterocycles. The number of hydrogen-bond donors (Lipinski definition) is 1. The maximum Gasteiger partial charge on any atom is 0.264 e. The molecule has 0 spiro atoms. The average molecular weight is 594 g/mol. The van der Waals surface area contributed by atoms with Gasteiger partial charge >= 0.3 is 0 Å². The fourth-order valence-electron chi connectivity index (χ4n) is 4.87. The van der Waals surface area contributed by atoms with Gasteiger partial charge in [-0.3, -0.25) is 13.9 Å². The van der Waals surface area contributed by atoms with Crippen molar-refractivity contribution < 1.29 is 27.5 Å². The van der Waals surface area contributed by atoms with Crippen molar-refractivity contribution in [2.24, 2.45) is 0 Å². The molecule has 10 heteroatoms. The van der Waals surface area contributed by atoms with E-state index in [-0.39, 0.29) is 23.0 Å². The second-order valence-electron chi connectivity index (χ2n) is 10.2. The first-order valence-corrected chi connectivity index (χ1v) is 15.8. The number of nitrogens with one attached hydrogen (secondary N) is 1. The van der Waals surface area contributed by atoms with Gasteiger partial charge in [0.2, 0.25) is 11.8 Å². The standard InChI is InChI=1S/C32H39N3O6S/c1-4-6-17-33-32(37)28(5-2)34(22-25-12-10-11-24(3)20-25)31(36)23-35(42(38,39)27-13-8-7-9-14-27)26-15-16-29-30(21-26)41-19-18-40-29/h7-16,20-21,28H,4-6,17-19,22-23H2,1-3H3,(H,33,37)/t28-/m0/s1. The quantitative estimate of drug-likeness (QED) is 0.289. The molecule has 0 radical (unpaired) electrons. The number of carbonyl (C=O) groups is 2. The molecule has 0 aromatic heterocycles. The largest absolute Gasteiger partial charge is 0.486 e. The van der Waals surface area contributed by atoms with Crippen LogP contribution in [0.2, 0.25) is 0 Å². The zero-order chi connectivity index (χ0) is 30.1. The highest BCUT2D eigenvalue weighted by atomic mass is 32.2. The van der Waals surface area contributed by atoms with Gasteiger partial charge in [-0.2, -0.15) is 0 Å². The summed E-state index contributed by atoms with van der Waals surface area (Å²) < 4.78 is 40.4. The minimum absolute atomic E-state index is 0.0438. The van der Waals surface area contributed by atoms with Crippen LogP contribution in [0.5, 0.6) is 11.5 Å². The Morgan fingerprint density at radius 1 is 0.929 bits per heavy atom. The molecular weight excluding hydrogens is 554 g/mol. The van der Waals surface area contributed by atoms with E-state index < -0.39 is 28.5 Å². The number of hydrogen-bond acceptors (Lipinski definition) is 6. The van der Waals surface area contributed by atoms with Crippen LogP contribution in [0.1, 0.15) is 44.2 Å². The number of nitrogens with zero attached hydrogens (tertiary/aromatic N) is 2. The van der Waals surface area contributed by atoms with Crippen LogP contribution in [0.4, 0.5) is 5.69 Å². The zero-order valence-corrected chi connectivity index (χ0v) is 25.2. The Balaban J connectivity index is 1.73. The van der Waals surface area contributed by atoms with Crippen molar-refractivity contribution in [2.45, 2.75) is 57.5 Å². The number of fused-ring (bicyclic) bond motifs is 1. The molecule has 0 bridgehead atoms. The van der Waals surface area contributed by atoms with Gasteiger partial charge in [0.25, 0.3) is 10.0 Å². The van der Waals surface area contributed by atoms with Crippen molar-refractivity contribution in [3.8, 4) is 11.5 Å². The molecule has 1 aliphatic heterocycles. The summed E-state index contributed by atoms with van der Waals surface area (Å²) in [7, 11) is -4.17. The van der Waals surface area contributed by atoms with Crippen LogP contribution in [-0.2, 0) is 26.2 Å². The summed E-state index contributed by atoms with van der Waals surface area (Å²) in [6, 6.07) is 19.7. The van der Waals surface area contributed by atoms with E-state index in [1.54, 1.807) is 36.4 Å². The highest BCUT2D eigenvalue weighted by Crippen LogP contribution is 2.36. The van der Waals surface area contributed by atoms with E-state index in [4.69, 9.17) is 9.47 Å². The number of anilines is 1. The molecule has 3 aromatic rings. The van der Waals surface area contributed by atoms with Gasteiger partial charge in [-0.25, -0.2) is 8.42 Å². The second-order valence-corrected chi connectivity index (χ2v) is 12.1. The Labute approximate surface area is 248 Å². The summed E-state index contributed by atoms with van der Waals surface area (Å²) in [6.07, 6.45) is 2.11. The molecule has 1 aliphatic rings. The lowest BCUT2D eigenvalue weighted by Crippen LogP contribution is -2.52. The zero-order valence-electron chi connectivity index (χ0n) is 24.4. The summed E-state index contributed by atoms with van der Waals surface area (Å²) >= 11 is 0. The fraction of sp³-hybridized carbons (Fsp3) is 0.375. The van der Waals surface area contributed by atoms with E-state index in [1.807, 2.05) is 45.0 Å². The van der Waals surface area contributed by atoms with Gasteiger partial charge in [-0.15, -0.1) is 0 Å². The van der Waals surface area contributed by atoms with E-state index in [1.165, 1.54) is 17.0 Å². The van der Waals surface area contributed by atoms with Crippen molar-refractivity contribution >= 4 is 27.5 Å².